The molecule has 7 nitrogen and oxygen atoms in total. The maximum atomic E-state index is 11.7. The Morgan fingerprint density at radius 1 is 1.39 bits per heavy atom. The second-order valence-electron chi connectivity index (χ2n) is 3.87. The zero-order chi connectivity index (χ0) is 13.5. The summed E-state index contributed by atoms with van der Waals surface area (Å²) in [5.41, 5.74) is 5.45. The van der Waals surface area contributed by atoms with Crippen LogP contribution in [-0.4, -0.2) is 36.6 Å². The van der Waals surface area contributed by atoms with Crippen molar-refractivity contribution < 1.29 is 14.3 Å². The first kappa shape index (κ1) is 14.2. The SMILES string of the molecule is COc1cc(OC)nc(NC(=O)CC(C)CN)n1. The van der Waals surface area contributed by atoms with Crippen LogP contribution < -0.4 is 20.5 Å². The fourth-order valence-corrected chi connectivity index (χ4v) is 1.24. The van der Waals surface area contributed by atoms with Crippen LogP contribution in [0, 0.1) is 5.92 Å². The molecule has 3 N–H and O–H groups in total. The molecule has 1 amide bonds. The summed E-state index contributed by atoms with van der Waals surface area (Å²) in [6.45, 7) is 2.35. The summed E-state index contributed by atoms with van der Waals surface area (Å²) in [7, 11) is 2.95. The van der Waals surface area contributed by atoms with Gasteiger partial charge in [0, 0.05) is 6.42 Å². The molecule has 0 bridgehead atoms. The van der Waals surface area contributed by atoms with Gasteiger partial charge in [-0.15, -0.1) is 0 Å². The van der Waals surface area contributed by atoms with Gasteiger partial charge in [0.1, 0.15) is 0 Å². The molecule has 1 heterocycles. The highest BCUT2D eigenvalue weighted by atomic mass is 16.5. The van der Waals surface area contributed by atoms with Crippen molar-refractivity contribution in [2.24, 2.45) is 11.7 Å². The van der Waals surface area contributed by atoms with E-state index in [2.05, 4.69) is 15.3 Å². The van der Waals surface area contributed by atoms with Gasteiger partial charge in [0.2, 0.25) is 23.6 Å². The molecule has 0 saturated carbocycles. The smallest absolute Gasteiger partial charge is 0.236 e. The maximum Gasteiger partial charge on any atom is 0.236 e. The number of carbonyl (C=O) groups is 1. The van der Waals surface area contributed by atoms with Crippen LogP contribution in [0.1, 0.15) is 13.3 Å². The van der Waals surface area contributed by atoms with E-state index in [9.17, 15) is 4.79 Å². The second kappa shape index (κ2) is 6.75. The van der Waals surface area contributed by atoms with Gasteiger partial charge in [-0.05, 0) is 12.5 Å². The second-order valence-corrected chi connectivity index (χ2v) is 3.87. The summed E-state index contributed by atoms with van der Waals surface area (Å²) < 4.78 is 9.96. The summed E-state index contributed by atoms with van der Waals surface area (Å²) in [4.78, 5) is 19.6. The van der Waals surface area contributed by atoms with Gasteiger partial charge in [-0.1, -0.05) is 6.92 Å². The molecule has 18 heavy (non-hydrogen) atoms. The zero-order valence-electron chi connectivity index (χ0n) is 10.8. The largest absolute Gasteiger partial charge is 0.481 e. The van der Waals surface area contributed by atoms with Crippen molar-refractivity contribution in [2.45, 2.75) is 13.3 Å². The van der Waals surface area contributed by atoms with Gasteiger partial charge < -0.3 is 15.2 Å². The first-order valence-corrected chi connectivity index (χ1v) is 5.56. The lowest BCUT2D eigenvalue weighted by Crippen LogP contribution is -2.21. The van der Waals surface area contributed by atoms with Gasteiger partial charge in [0.05, 0.1) is 20.3 Å². The molecule has 1 aromatic heterocycles. The predicted molar refractivity (Wildman–Crippen MR) is 66.6 cm³/mol. The van der Waals surface area contributed by atoms with Crippen molar-refractivity contribution in [1.29, 1.82) is 0 Å². The molecular weight excluding hydrogens is 236 g/mol. The van der Waals surface area contributed by atoms with Crippen LogP contribution >= 0.6 is 0 Å². The van der Waals surface area contributed by atoms with Gasteiger partial charge in [-0.2, -0.15) is 9.97 Å². The Kier molecular flexibility index (Phi) is 5.31. The lowest BCUT2D eigenvalue weighted by Gasteiger charge is -2.09. The summed E-state index contributed by atoms with van der Waals surface area (Å²) >= 11 is 0. The molecule has 1 atom stereocenters. The van der Waals surface area contributed by atoms with E-state index in [0.29, 0.717) is 24.7 Å². The molecule has 0 aliphatic rings. The molecule has 0 radical (unpaired) electrons. The number of rotatable bonds is 6. The lowest BCUT2D eigenvalue weighted by molar-refractivity contribution is -0.116. The quantitative estimate of drug-likeness (QED) is 0.763. The number of ether oxygens (including phenoxy) is 2. The third-order valence-corrected chi connectivity index (χ3v) is 2.28. The molecule has 7 heteroatoms. The third-order valence-electron chi connectivity index (χ3n) is 2.28. The number of amides is 1. The predicted octanol–water partition coefficient (Wildman–Crippen LogP) is 0.417. The monoisotopic (exact) mass is 254 g/mol. The van der Waals surface area contributed by atoms with Crippen molar-refractivity contribution in [3.63, 3.8) is 0 Å². The zero-order valence-corrected chi connectivity index (χ0v) is 10.8. The number of methoxy groups -OCH3 is 2. The number of nitrogens with zero attached hydrogens (tertiary/aromatic N) is 2. The molecule has 0 aromatic carbocycles. The Labute approximate surface area is 106 Å². The van der Waals surface area contributed by atoms with Crippen molar-refractivity contribution in [1.82, 2.24) is 9.97 Å². The first-order chi connectivity index (χ1) is 8.58. The molecule has 0 aliphatic heterocycles. The Morgan fingerprint density at radius 3 is 2.39 bits per heavy atom. The summed E-state index contributed by atoms with van der Waals surface area (Å²) in [6, 6.07) is 1.53. The average molecular weight is 254 g/mol. The standard InChI is InChI=1S/C11H18N4O3/c1-7(6-12)4-8(16)13-11-14-9(17-2)5-10(15-11)18-3/h5,7H,4,6,12H2,1-3H3,(H,13,14,15,16). The van der Waals surface area contributed by atoms with E-state index in [1.807, 2.05) is 6.92 Å². The number of aromatic nitrogens is 2. The number of nitrogens with one attached hydrogen (secondary N) is 1. The minimum absolute atomic E-state index is 0.109. The molecule has 0 saturated heterocycles. The molecule has 0 fully saturated rings. The van der Waals surface area contributed by atoms with Crippen LogP contribution in [0.2, 0.25) is 0 Å². The van der Waals surface area contributed by atoms with E-state index in [0.717, 1.165) is 0 Å². The van der Waals surface area contributed by atoms with E-state index < -0.39 is 0 Å². The number of anilines is 1. The van der Waals surface area contributed by atoms with E-state index in [4.69, 9.17) is 15.2 Å². The van der Waals surface area contributed by atoms with Crippen molar-refractivity contribution in [3.8, 4) is 11.8 Å². The van der Waals surface area contributed by atoms with E-state index in [1.165, 1.54) is 20.3 Å². The summed E-state index contributed by atoms with van der Waals surface area (Å²) in [6.07, 6.45) is 0.319. The van der Waals surface area contributed by atoms with Gasteiger partial charge >= 0.3 is 0 Å². The highest BCUT2D eigenvalue weighted by molar-refractivity contribution is 5.89. The fourth-order valence-electron chi connectivity index (χ4n) is 1.24. The number of hydrogen-bond donors (Lipinski definition) is 2. The van der Waals surface area contributed by atoms with Crippen LogP contribution in [0.4, 0.5) is 5.95 Å². The van der Waals surface area contributed by atoms with Crippen LogP contribution in [0.3, 0.4) is 0 Å². The van der Waals surface area contributed by atoms with Gasteiger partial charge in [-0.3, -0.25) is 10.1 Å². The Morgan fingerprint density at radius 2 is 1.94 bits per heavy atom. The Balaban J connectivity index is 2.74. The molecule has 0 aliphatic carbocycles. The Bertz CT molecular complexity index is 389. The van der Waals surface area contributed by atoms with Crippen LogP contribution in [0.15, 0.2) is 6.07 Å². The third kappa shape index (κ3) is 4.17. The minimum Gasteiger partial charge on any atom is -0.481 e. The number of hydrogen-bond acceptors (Lipinski definition) is 6. The van der Waals surface area contributed by atoms with Crippen molar-refractivity contribution in [2.75, 3.05) is 26.1 Å². The molecule has 0 spiro atoms. The van der Waals surface area contributed by atoms with E-state index in [1.54, 1.807) is 0 Å². The summed E-state index contributed by atoms with van der Waals surface area (Å²) in [5, 5.41) is 2.58. The highest BCUT2D eigenvalue weighted by Crippen LogP contribution is 2.17. The lowest BCUT2D eigenvalue weighted by atomic mass is 10.1. The number of nitrogens with two attached hydrogens (primary N) is 1. The number of carbonyl (C=O) groups excluding carboxylic acids is 1. The minimum atomic E-state index is -0.191. The van der Waals surface area contributed by atoms with E-state index >= 15 is 0 Å². The van der Waals surface area contributed by atoms with Gasteiger partial charge in [0.25, 0.3) is 0 Å². The highest BCUT2D eigenvalue weighted by Gasteiger charge is 2.11. The maximum absolute atomic E-state index is 11.7. The fraction of sp³-hybridized carbons (Fsp3) is 0.545. The topological polar surface area (TPSA) is 99.4 Å². The van der Waals surface area contributed by atoms with Crippen molar-refractivity contribution in [3.05, 3.63) is 6.07 Å². The molecule has 100 valence electrons. The van der Waals surface area contributed by atoms with Gasteiger partial charge in [0.15, 0.2) is 0 Å². The summed E-state index contributed by atoms with van der Waals surface area (Å²) in [5.74, 6) is 0.717. The van der Waals surface area contributed by atoms with Gasteiger partial charge in [-0.25, -0.2) is 0 Å². The Hall–Kier alpha value is -1.89. The van der Waals surface area contributed by atoms with Crippen LogP contribution in [0.5, 0.6) is 11.8 Å². The first-order valence-electron chi connectivity index (χ1n) is 5.56. The average Bonchev–Trinajstić information content (AvgIpc) is 2.37. The normalized spacial score (nSPS) is 11.8. The molecular formula is C11H18N4O3. The molecule has 1 rings (SSSR count). The van der Waals surface area contributed by atoms with Crippen LogP contribution in [-0.2, 0) is 4.79 Å². The van der Waals surface area contributed by atoms with Crippen LogP contribution in [0.25, 0.3) is 0 Å². The molecule has 1 aromatic rings. The van der Waals surface area contributed by atoms with Crippen molar-refractivity contribution >= 4 is 11.9 Å². The van der Waals surface area contributed by atoms with E-state index in [-0.39, 0.29) is 17.8 Å². The molecule has 1 unspecified atom stereocenters.